The number of aromatic carboxylic acids is 1. The quantitative estimate of drug-likeness (QED) is 0.376. The minimum atomic E-state index is -4.69. The number of rotatable bonds is 6. The van der Waals surface area contributed by atoms with Crippen molar-refractivity contribution in [1.82, 2.24) is 0 Å². The number of hydrogen-bond acceptors (Lipinski definition) is 6. The number of anilines is 1. The Morgan fingerprint density at radius 2 is 1.74 bits per heavy atom. The van der Waals surface area contributed by atoms with Crippen LogP contribution < -0.4 is 10.1 Å². The van der Waals surface area contributed by atoms with Gasteiger partial charge in [-0.15, -0.1) is 0 Å². The zero-order valence-electron chi connectivity index (χ0n) is 17.9. The number of amides is 1. The molecule has 0 fully saturated rings. The van der Waals surface area contributed by atoms with E-state index in [0.29, 0.717) is 0 Å². The number of carbonyl (C=O) groups excluding carboxylic acids is 1. The van der Waals surface area contributed by atoms with Gasteiger partial charge in [-0.05, 0) is 42.0 Å². The number of nitrogens with zero attached hydrogens (tertiary/aromatic N) is 1. The number of carboxylic acid groups (broad SMARTS) is 1. The molecular weight excluding hydrogens is 467 g/mol. The molecule has 1 amide bonds. The molecule has 0 saturated heterocycles. The lowest BCUT2D eigenvalue weighted by Gasteiger charge is -2.17. The third-order valence-electron chi connectivity index (χ3n) is 4.96. The molecule has 8 nitrogen and oxygen atoms in total. The third kappa shape index (κ3) is 5.06. The van der Waals surface area contributed by atoms with Crippen LogP contribution in [0.5, 0.6) is 11.5 Å². The number of aromatic hydroxyl groups is 1. The van der Waals surface area contributed by atoms with Crippen molar-refractivity contribution >= 4 is 23.3 Å². The molecule has 0 aromatic heterocycles. The summed E-state index contributed by atoms with van der Waals surface area (Å²) >= 11 is 0. The predicted molar refractivity (Wildman–Crippen MR) is 119 cm³/mol. The van der Waals surface area contributed by atoms with Crippen molar-refractivity contribution in [2.24, 2.45) is 0 Å². The molecule has 0 aliphatic rings. The number of nitriles is 1. The number of benzene rings is 3. The Balaban J connectivity index is 2.01. The lowest BCUT2D eigenvalue weighted by atomic mass is 9.95. The van der Waals surface area contributed by atoms with Gasteiger partial charge in [-0.3, -0.25) is 10.2 Å². The van der Waals surface area contributed by atoms with Crippen LogP contribution in [0.1, 0.15) is 27.0 Å². The molecule has 35 heavy (non-hydrogen) atoms. The first kappa shape index (κ1) is 24.8. The first-order valence-electron chi connectivity index (χ1n) is 9.73. The highest BCUT2D eigenvalue weighted by Gasteiger charge is 2.34. The molecule has 0 spiro atoms. The highest BCUT2D eigenvalue weighted by atomic mass is 19.4. The average Bonchev–Trinajstić information content (AvgIpc) is 2.82. The summed E-state index contributed by atoms with van der Waals surface area (Å²) in [5.74, 6) is -3.35. The lowest BCUT2D eigenvalue weighted by molar-refractivity contribution is -0.137. The molecule has 0 heterocycles. The molecule has 0 aliphatic heterocycles. The maximum absolute atomic E-state index is 13.5. The molecule has 0 aliphatic carbocycles. The van der Waals surface area contributed by atoms with E-state index in [1.807, 2.05) is 0 Å². The number of methoxy groups -OCH3 is 1. The van der Waals surface area contributed by atoms with Crippen LogP contribution in [0, 0.1) is 16.7 Å². The summed E-state index contributed by atoms with van der Waals surface area (Å²) < 4.78 is 45.6. The predicted octanol–water partition coefficient (Wildman–Crippen LogP) is 4.66. The van der Waals surface area contributed by atoms with E-state index in [1.54, 1.807) is 6.07 Å². The fraction of sp³-hybridized carbons (Fsp3) is 0.0833. The van der Waals surface area contributed by atoms with Gasteiger partial charge in [0, 0.05) is 5.56 Å². The van der Waals surface area contributed by atoms with Gasteiger partial charge in [-0.25, -0.2) is 4.79 Å². The van der Waals surface area contributed by atoms with E-state index in [9.17, 15) is 33.0 Å². The minimum absolute atomic E-state index is 0.0348. The standard InChI is InChI=1S/C24H16F3N3O5/c1-35-20-10-16(19(31)9-14(20)13-4-2-3-5-17(13)24(25,26)27)21(29)22(32)30-18-7-6-12(11-28)8-15(18)23(33)34/h2-10,29,31H,1H3,(H,30,32)(H,33,34). The van der Waals surface area contributed by atoms with Crippen molar-refractivity contribution in [1.29, 1.82) is 10.7 Å². The van der Waals surface area contributed by atoms with Gasteiger partial charge in [-0.2, -0.15) is 18.4 Å². The highest BCUT2D eigenvalue weighted by Crippen LogP contribution is 2.42. The van der Waals surface area contributed by atoms with Gasteiger partial charge in [0.2, 0.25) is 0 Å². The topological polar surface area (TPSA) is 144 Å². The summed E-state index contributed by atoms with van der Waals surface area (Å²) in [4.78, 5) is 24.1. The van der Waals surface area contributed by atoms with Crippen molar-refractivity contribution in [2.45, 2.75) is 6.18 Å². The highest BCUT2D eigenvalue weighted by molar-refractivity contribution is 6.48. The number of halogens is 3. The normalized spacial score (nSPS) is 10.8. The Morgan fingerprint density at radius 3 is 2.34 bits per heavy atom. The summed E-state index contributed by atoms with van der Waals surface area (Å²) in [6.07, 6.45) is -4.69. The second-order valence-corrected chi connectivity index (χ2v) is 7.12. The van der Waals surface area contributed by atoms with Gasteiger partial charge in [0.1, 0.15) is 17.2 Å². The Bertz CT molecular complexity index is 1390. The SMILES string of the molecule is COc1cc(C(=N)C(=O)Nc2ccc(C#N)cc2C(=O)O)c(O)cc1-c1ccccc1C(F)(F)F. The van der Waals surface area contributed by atoms with E-state index in [0.717, 1.165) is 24.3 Å². The molecule has 3 aromatic rings. The molecular formula is C24H16F3N3O5. The van der Waals surface area contributed by atoms with Crippen LogP contribution in [0.25, 0.3) is 11.1 Å². The van der Waals surface area contributed by atoms with Gasteiger partial charge < -0.3 is 20.3 Å². The van der Waals surface area contributed by atoms with Gasteiger partial charge >= 0.3 is 12.1 Å². The first-order valence-corrected chi connectivity index (χ1v) is 9.73. The Kier molecular flexibility index (Phi) is 6.77. The summed E-state index contributed by atoms with van der Waals surface area (Å²) in [5.41, 5.74) is -3.10. The van der Waals surface area contributed by atoms with Crippen LogP contribution in [0.2, 0.25) is 0 Å². The van der Waals surface area contributed by atoms with Crippen LogP contribution >= 0.6 is 0 Å². The monoisotopic (exact) mass is 483 g/mol. The number of nitrogens with one attached hydrogen (secondary N) is 2. The van der Waals surface area contributed by atoms with Crippen molar-refractivity contribution in [3.8, 4) is 28.7 Å². The fourth-order valence-electron chi connectivity index (χ4n) is 3.32. The van der Waals surface area contributed by atoms with Crippen molar-refractivity contribution < 1.29 is 37.7 Å². The van der Waals surface area contributed by atoms with Crippen LogP contribution in [0.4, 0.5) is 18.9 Å². The number of phenols is 1. The summed E-state index contributed by atoms with van der Waals surface area (Å²) in [5, 5.41) is 39.1. The first-order chi connectivity index (χ1) is 16.5. The summed E-state index contributed by atoms with van der Waals surface area (Å²) in [6.45, 7) is 0. The Hall–Kier alpha value is -4.85. The van der Waals surface area contributed by atoms with Crippen LogP contribution in [0.15, 0.2) is 54.6 Å². The van der Waals surface area contributed by atoms with Gasteiger partial charge in [0.15, 0.2) is 0 Å². The molecule has 178 valence electrons. The fourth-order valence-corrected chi connectivity index (χ4v) is 3.32. The summed E-state index contributed by atoms with van der Waals surface area (Å²) in [7, 11) is 1.18. The maximum atomic E-state index is 13.5. The Labute approximate surface area is 196 Å². The van der Waals surface area contributed by atoms with Crippen LogP contribution in [-0.2, 0) is 11.0 Å². The Morgan fingerprint density at radius 1 is 1.06 bits per heavy atom. The molecule has 0 radical (unpaired) electrons. The van der Waals surface area contributed by atoms with Crippen molar-refractivity contribution in [3.05, 3.63) is 76.9 Å². The number of phenolic OH excluding ortho intramolecular Hbond substituents is 1. The van der Waals surface area contributed by atoms with Crippen molar-refractivity contribution in [2.75, 3.05) is 12.4 Å². The van der Waals surface area contributed by atoms with Gasteiger partial charge in [-0.1, -0.05) is 18.2 Å². The van der Waals surface area contributed by atoms with E-state index in [4.69, 9.17) is 15.4 Å². The summed E-state index contributed by atoms with van der Waals surface area (Å²) in [6, 6.07) is 11.9. The third-order valence-corrected chi connectivity index (χ3v) is 4.96. The zero-order valence-corrected chi connectivity index (χ0v) is 17.9. The van der Waals surface area contributed by atoms with E-state index >= 15 is 0 Å². The molecule has 0 atom stereocenters. The zero-order chi connectivity index (χ0) is 25.9. The average molecular weight is 483 g/mol. The molecule has 0 bridgehead atoms. The smallest absolute Gasteiger partial charge is 0.417 e. The minimum Gasteiger partial charge on any atom is -0.507 e. The van der Waals surface area contributed by atoms with Gasteiger partial charge in [0.05, 0.1) is 41.1 Å². The van der Waals surface area contributed by atoms with Crippen molar-refractivity contribution in [3.63, 3.8) is 0 Å². The van der Waals surface area contributed by atoms with Crippen LogP contribution in [0.3, 0.4) is 0 Å². The number of ether oxygens (including phenoxy) is 1. The molecule has 3 aromatic carbocycles. The second-order valence-electron chi connectivity index (χ2n) is 7.12. The van der Waals surface area contributed by atoms with Gasteiger partial charge in [0.25, 0.3) is 5.91 Å². The molecule has 4 N–H and O–H groups in total. The lowest BCUT2D eigenvalue weighted by Crippen LogP contribution is -2.24. The largest absolute Gasteiger partial charge is 0.507 e. The molecule has 0 unspecified atom stereocenters. The number of carboxylic acids is 1. The number of carbonyl (C=O) groups is 2. The number of hydrogen-bond donors (Lipinski definition) is 4. The molecule has 0 saturated carbocycles. The van der Waals surface area contributed by atoms with E-state index in [1.165, 1.54) is 37.4 Å². The van der Waals surface area contributed by atoms with E-state index < -0.39 is 40.6 Å². The number of alkyl halides is 3. The van der Waals surface area contributed by atoms with E-state index in [-0.39, 0.29) is 33.7 Å². The van der Waals surface area contributed by atoms with E-state index in [2.05, 4.69) is 5.32 Å². The second kappa shape index (κ2) is 9.56. The van der Waals surface area contributed by atoms with Crippen LogP contribution in [-0.4, -0.2) is 34.9 Å². The molecule has 11 heteroatoms. The maximum Gasteiger partial charge on any atom is 0.417 e. The molecule has 3 rings (SSSR count).